The smallest absolute Gasteiger partial charge is 0.140 e. The lowest BCUT2D eigenvalue weighted by molar-refractivity contribution is 0.400. The highest BCUT2D eigenvalue weighted by molar-refractivity contribution is 5.35. The van der Waals surface area contributed by atoms with Crippen molar-refractivity contribution in [1.82, 2.24) is 20.1 Å². The Kier molecular flexibility index (Phi) is 3.94. The second-order valence-corrected chi connectivity index (χ2v) is 4.14. The number of aromatic nitrogens is 3. The Morgan fingerprint density at radius 1 is 1.39 bits per heavy atom. The first-order valence-electron chi connectivity index (χ1n) is 5.91. The van der Waals surface area contributed by atoms with Crippen LogP contribution in [0.5, 0.6) is 5.75 Å². The first kappa shape index (κ1) is 12.6. The predicted octanol–water partition coefficient (Wildman–Crippen LogP) is 1.67. The van der Waals surface area contributed by atoms with Crippen LogP contribution in [0.25, 0.3) is 0 Å². The molecule has 0 saturated heterocycles. The van der Waals surface area contributed by atoms with E-state index in [2.05, 4.69) is 28.4 Å². The number of para-hydroxylation sites is 1. The number of aryl methyl sites for hydroxylation is 1. The Balaban J connectivity index is 2.03. The molecule has 0 fully saturated rings. The summed E-state index contributed by atoms with van der Waals surface area (Å²) in [5.74, 6) is 1.81. The number of rotatable bonds is 5. The standard InChI is InChI=1S/C13H18N4O/c1-10(11-6-4-5-7-12(11)18-3)14-8-13-15-9-16-17(13)2/h4-7,9-10,14H,8H2,1-3H3/t10-/m0/s1. The van der Waals surface area contributed by atoms with Crippen LogP contribution in [0.15, 0.2) is 30.6 Å². The van der Waals surface area contributed by atoms with Crippen molar-refractivity contribution >= 4 is 0 Å². The van der Waals surface area contributed by atoms with Crippen molar-refractivity contribution in [3.05, 3.63) is 42.0 Å². The highest BCUT2D eigenvalue weighted by atomic mass is 16.5. The fourth-order valence-electron chi connectivity index (χ4n) is 1.86. The summed E-state index contributed by atoms with van der Waals surface area (Å²) in [6.45, 7) is 2.78. The molecule has 0 saturated carbocycles. The zero-order chi connectivity index (χ0) is 13.0. The molecular weight excluding hydrogens is 228 g/mol. The van der Waals surface area contributed by atoms with E-state index in [1.54, 1.807) is 18.1 Å². The molecule has 1 N–H and O–H groups in total. The van der Waals surface area contributed by atoms with E-state index in [4.69, 9.17) is 4.74 Å². The van der Waals surface area contributed by atoms with Crippen molar-refractivity contribution in [3.63, 3.8) is 0 Å². The lowest BCUT2D eigenvalue weighted by Crippen LogP contribution is -2.20. The van der Waals surface area contributed by atoms with Gasteiger partial charge in [0, 0.05) is 18.7 Å². The molecular formula is C13H18N4O. The molecule has 0 bridgehead atoms. The Hall–Kier alpha value is -1.88. The van der Waals surface area contributed by atoms with Gasteiger partial charge in [0.05, 0.1) is 13.7 Å². The van der Waals surface area contributed by atoms with Crippen LogP contribution in [-0.4, -0.2) is 21.9 Å². The van der Waals surface area contributed by atoms with Gasteiger partial charge in [-0.05, 0) is 13.0 Å². The van der Waals surface area contributed by atoms with Gasteiger partial charge >= 0.3 is 0 Å². The number of benzene rings is 1. The van der Waals surface area contributed by atoms with Crippen molar-refractivity contribution in [2.24, 2.45) is 7.05 Å². The number of nitrogens with zero attached hydrogens (tertiary/aromatic N) is 3. The van der Waals surface area contributed by atoms with Crippen LogP contribution in [0.1, 0.15) is 24.4 Å². The molecule has 2 rings (SSSR count). The Morgan fingerprint density at radius 3 is 2.83 bits per heavy atom. The second-order valence-electron chi connectivity index (χ2n) is 4.14. The Morgan fingerprint density at radius 2 is 2.17 bits per heavy atom. The van der Waals surface area contributed by atoms with Crippen LogP contribution in [0, 0.1) is 0 Å². The minimum Gasteiger partial charge on any atom is -0.496 e. The quantitative estimate of drug-likeness (QED) is 0.872. The molecule has 5 heteroatoms. The first-order chi connectivity index (χ1) is 8.72. The maximum Gasteiger partial charge on any atom is 0.140 e. The van der Waals surface area contributed by atoms with E-state index in [9.17, 15) is 0 Å². The Bertz CT molecular complexity index is 509. The van der Waals surface area contributed by atoms with Gasteiger partial charge in [-0.25, -0.2) is 4.98 Å². The molecule has 1 aromatic heterocycles. The van der Waals surface area contributed by atoms with Gasteiger partial charge in [0.25, 0.3) is 0 Å². The first-order valence-corrected chi connectivity index (χ1v) is 5.91. The average Bonchev–Trinajstić information content (AvgIpc) is 2.81. The molecule has 1 heterocycles. The molecule has 1 aromatic carbocycles. The van der Waals surface area contributed by atoms with E-state index in [1.807, 2.05) is 25.2 Å². The van der Waals surface area contributed by atoms with E-state index in [-0.39, 0.29) is 6.04 Å². The SMILES string of the molecule is COc1ccccc1[C@H](C)NCc1ncnn1C. The summed E-state index contributed by atoms with van der Waals surface area (Å²) in [4.78, 5) is 4.18. The van der Waals surface area contributed by atoms with Gasteiger partial charge in [0.1, 0.15) is 17.9 Å². The van der Waals surface area contributed by atoms with Crippen molar-refractivity contribution in [3.8, 4) is 5.75 Å². The highest BCUT2D eigenvalue weighted by Crippen LogP contribution is 2.24. The summed E-state index contributed by atoms with van der Waals surface area (Å²) in [5, 5.41) is 7.46. The molecule has 1 atom stereocenters. The number of hydrogen-bond acceptors (Lipinski definition) is 4. The monoisotopic (exact) mass is 246 g/mol. The number of ether oxygens (including phenoxy) is 1. The van der Waals surface area contributed by atoms with Crippen LogP contribution in [0.3, 0.4) is 0 Å². The lowest BCUT2D eigenvalue weighted by atomic mass is 10.1. The average molecular weight is 246 g/mol. The largest absolute Gasteiger partial charge is 0.496 e. The lowest BCUT2D eigenvalue weighted by Gasteiger charge is -2.16. The Labute approximate surface area is 107 Å². The van der Waals surface area contributed by atoms with E-state index in [1.165, 1.54) is 0 Å². The number of methoxy groups -OCH3 is 1. The minimum atomic E-state index is 0.192. The predicted molar refractivity (Wildman–Crippen MR) is 69.3 cm³/mol. The van der Waals surface area contributed by atoms with E-state index in [0.29, 0.717) is 6.54 Å². The topological polar surface area (TPSA) is 52.0 Å². The molecule has 18 heavy (non-hydrogen) atoms. The maximum absolute atomic E-state index is 5.35. The summed E-state index contributed by atoms with van der Waals surface area (Å²) in [6.07, 6.45) is 1.56. The number of nitrogens with one attached hydrogen (secondary N) is 1. The molecule has 96 valence electrons. The summed E-state index contributed by atoms with van der Waals surface area (Å²) in [5.41, 5.74) is 1.14. The van der Waals surface area contributed by atoms with Gasteiger partial charge in [-0.3, -0.25) is 4.68 Å². The van der Waals surface area contributed by atoms with E-state index in [0.717, 1.165) is 17.1 Å². The van der Waals surface area contributed by atoms with Gasteiger partial charge in [0.2, 0.25) is 0 Å². The van der Waals surface area contributed by atoms with Crippen LogP contribution < -0.4 is 10.1 Å². The van der Waals surface area contributed by atoms with Gasteiger partial charge < -0.3 is 10.1 Å². The molecule has 0 amide bonds. The van der Waals surface area contributed by atoms with E-state index >= 15 is 0 Å². The van der Waals surface area contributed by atoms with Gasteiger partial charge in [-0.1, -0.05) is 18.2 Å². The summed E-state index contributed by atoms with van der Waals surface area (Å²) in [7, 11) is 3.58. The van der Waals surface area contributed by atoms with Crippen molar-refractivity contribution in [1.29, 1.82) is 0 Å². The zero-order valence-electron chi connectivity index (χ0n) is 10.9. The molecule has 2 aromatic rings. The summed E-state index contributed by atoms with van der Waals surface area (Å²) in [6, 6.07) is 8.21. The summed E-state index contributed by atoms with van der Waals surface area (Å²) < 4.78 is 7.12. The molecule has 0 radical (unpaired) electrons. The third-order valence-corrected chi connectivity index (χ3v) is 2.98. The highest BCUT2D eigenvalue weighted by Gasteiger charge is 2.11. The molecule has 0 aliphatic heterocycles. The summed E-state index contributed by atoms with van der Waals surface area (Å²) >= 11 is 0. The zero-order valence-corrected chi connectivity index (χ0v) is 10.9. The third kappa shape index (κ3) is 2.68. The maximum atomic E-state index is 5.35. The fourth-order valence-corrected chi connectivity index (χ4v) is 1.86. The van der Waals surface area contributed by atoms with Crippen LogP contribution in [0.2, 0.25) is 0 Å². The van der Waals surface area contributed by atoms with Crippen molar-refractivity contribution in [2.45, 2.75) is 19.5 Å². The van der Waals surface area contributed by atoms with Gasteiger partial charge in [0.15, 0.2) is 0 Å². The molecule has 0 aliphatic rings. The minimum absolute atomic E-state index is 0.192. The van der Waals surface area contributed by atoms with Crippen molar-refractivity contribution < 1.29 is 4.74 Å². The molecule has 5 nitrogen and oxygen atoms in total. The number of hydrogen-bond donors (Lipinski definition) is 1. The second kappa shape index (κ2) is 5.64. The molecule has 0 unspecified atom stereocenters. The van der Waals surface area contributed by atoms with Crippen LogP contribution in [-0.2, 0) is 13.6 Å². The molecule has 0 spiro atoms. The van der Waals surface area contributed by atoms with Crippen LogP contribution in [0.4, 0.5) is 0 Å². The van der Waals surface area contributed by atoms with Crippen LogP contribution >= 0.6 is 0 Å². The van der Waals surface area contributed by atoms with Gasteiger partial charge in [-0.2, -0.15) is 5.10 Å². The molecule has 0 aliphatic carbocycles. The van der Waals surface area contributed by atoms with Crippen molar-refractivity contribution in [2.75, 3.05) is 7.11 Å². The third-order valence-electron chi connectivity index (χ3n) is 2.98. The fraction of sp³-hybridized carbons (Fsp3) is 0.385. The normalized spacial score (nSPS) is 12.4. The van der Waals surface area contributed by atoms with Gasteiger partial charge in [-0.15, -0.1) is 0 Å². The van der Waals surface area contributed by atoms with E-state index < -0.39 is 0 Å².